The summed E-state index contributed by atoms with van der Waals surface area (Å²) in [5.41, 5.74) is 0.465. The number of ketones is 1. The topological polar surface area (TPSA) is 63.7 Å². The summed E-state index contributed by atoms with van der Waals surface area (Å²) in [6.07, 6.45) is -0.476. The summed E-state index contributed by atoms with van der Waals surface area (Å²) in [7, 11) is 0. The zero-order valence-corrected chi connectivity index (χ0v) is 13.6. The van der Waals surface area contributed by atoms with Gasteiger partial charge >= 0.3 is 0 Å². The van der Waals surface area contributed by atoms with Crippen LogP contribution < -0.4 is 4.74 Å². The molecule has 0 spiro atoms. The van der Waals surface area contributed by atoms with E-state index in [9.17, 15) is 18.8 Å². The molecule has 0 N–H and O–H groups in total. The van der Waals surface area contributed by atoms with Gasteiger partial charge in [-0.25, -0.2) is 4.39 Å². The van der Waals surface area contributed by atoms with Crippen LogP contribution in [0.5, 0.6) is 5.75 Å². The Balaban J connectivity index is 1.93. The summed E-state index contributed by atoms with van der Waals surface area (Å²) < 4.78 is 18.7. The fourth-order valence-electron chi connectivity index (χ4n) is 2.65. The minimum atomic E-state index is -0.839. The SMILES string of the molecule is CC[C@@H]1Oc2ccccc2C(=O)N(CC(=O)c2ccc(F)cc2)C1=O. The molecule has 5 nitrogen and oxygen atoms in total. The largest absolute Gasteiger partial charge is 0.480 e. The lowest BCUT2D eigenvalue weighted by Crippen LogP contribution is -2.45. The Kier molecular flexibility index (Phi) is 4.61. The molecular formula is C19H16FNO4. The van der Waals surface area contributed by atoms with Gasteiger partial charge in [0, 0.05) is 5.56 Å². The fraction of sp³-hybridized carbons (Fsp3) is 0.211. The molecule has 0 bridgehead atoms. The van der Waals surface area contributed by atoms with Crippen molar-refractivity contribution in [2.24, 2.45) is 0 Å². The van der Waals surface area contributed by atoms with Gasteiger partial charge in [-0.05, 0) is 42.8 Å². The number of rotatable bonds is 4. The number of halogens is 1. The number of nitrogens with zero attached hydrogens (tertiary/aromatic N) is 1. The molecule has 128 valence electrons. The highest BCUT2D eigenvalue weighted by Crippen LogP contribution is 2.26. The second-order valence-corrected chi connectivity index (χ2v) is 5.67. The molecule has 25 heavy (non-hydrogen) atoms. The van der Waals surface area contributed by atoms with Gasteiger partial charge in [0.05, 0.1) is 12.1 Å². The highest BCUT2D eigenvalue weighted by molar-refractivity contribution is 6.12. The summed E-state index contributed by atoms with van der Waals surface area (Å²) in [6, 6.07) is 11.5. The minimum Gasteiger partial charge on any atom is -0.480 e. The average Bonchev–Trinajstić information content (AvgIpc) is 2.72. The van der Waals surface area contributed by atoms with Crippen molar-refractivity contribution in [1.29, 1.82) is 0 Å². The van der Waals surface area contributed by atoms with E-state index >= 15 is 0 Å². The van der Waals surface area contributed by atoms with Crippen molar-refractivity contribution in [2.45, 2.75) is 19.4 Å². The fourth-order valence-corrected chi connectivity index (χ4v) is 2.65. The predicted octanol–water partition coefficient (Wildman–Crippen LogP) is 2.85. The molecule has 1 aliphatic rings. The maximum absolute atomic E-state index is 13.0. The van der Waals surface area contributed by atoms with Crippen LogP contribution in [-0.2, 0) is 4.79 Å². The second-order valence-electron chi connectivity index (χ2n) is 5.67. The molecule has 6 heteroatoms. The quantitative estimate of drug-likeness (QED) is 0.634. The Morgan fingerprint density at radius 3 is 2.48 bits per heavy atom. The Bertz CT molecular complexity index is 832. The molecule has 0 saturated heterocycles. The third kappa shape index (κ3) is 3.28. The molecule has 0 saturated carbocycles. The Labute approximate surface area is 144 Å². The van der Waals surface area contributed by atoms with Gasteiger partial charge in [-0.1, -0.05) is 19.1 Å². The number of carbonyl (C=O) groups is 3. The number of ether oxygens (including phenoxy) is 1. The van der Waals surface area contributed by atoms with Crippen molar-refractivity contribution in [1.82, 2.24) is 4.90 Å². The van der Waals surface area contributed by atoms with Crippen LogP contribution in [0.4, 0.5) is 4.39 Å². The van der Waals surface area contributed by atoms with E-state index in [0.29, 0.717) is 12.2 Å². The van der Waals surface area contributed by atoms with E-state index in [1.165, 1.54) is 12.1 Å². The average molecular weight is 341 g/mol. The lowest BCUT2D eigenvalue weighted by atomic mass is 10.1. The van der Waals surface area contributed by atoms with Gasteiger partial charge in [-0.15, -0.1) is 0 Å². The maximum Gasteiger partial charge on any atom is 0.270 e. The van der Waals surface area contributed by atoms with Crippen molar-refractivity contribution < 1.29 is 23.5 Å². The number of benzene rings is 2. The van der Waals surface area contributed by atoms with Gasteiger partial charge in [0.1, 0.15) is 11.6 Å². The van der Waals surface area contributed by atoms with E-state index in [2.05, 4.69) is 0 Å². The minimum absolute atomic E-state index is 0.230. The number of hydrogen-bond donors (Lipinski definition) is 0. The van der Waals surface area contributed by atoms with Crippen molar-refractivity contribution in [3.63, 3.8) is 0 Å². The monoisotopic (exact) mass is 341 g/mol. The smallest absolute Gasteiger partial charge is 0.270 e. The van der Waals surface area contributed by atoms with E-state index in [-0.39, 0.29) is 11.1 Å². The Morgan fingerprint density at radius 2 is 1.80 bits per heavy atom. The number of imide groups is 1. The first-order valence-electron chi connectivity index (χ1n) is 7.91. The van der Waals surface area contributed by atoms with Crippen LogP contribution in [0.3, 0.4) is 0 Å². The molecule has 0 fully saturated rings. The number of fused-ring (bicyclic) bond motifs is 1. The van der Waals surface area contributed by atoms with Crippen LogP contribution in [-0.4, -0.2) is 35.1 Å². The van der Waals surface area contributed by atoms with Gasteiger partial charge in [0.15, 0.2) is 11.9 Å². The van der Waals surface area contributed by atoms with Crippen LogP contribution >= 0.6 is 0 Å². The van der Waals surface area contributed by atoms with E-state index in [4.69, 9.17) is 4.74 Å². The van der Waals surface area contributed by atoms with Gasteiger partial charge in [0.25, 0.3) is 11.8 Å². The third-order valence-corrected chi connectivity index (χ3v) is 4.01. The molecule has 0 radical (unpaired) electrons. The zero-order chi connectivity index (χ0) is 18.0. The van der Waals surface area contributed by atoms with Crippen LogP contribution in [0, 0.1) is 5.82 Å². The molecule has 1 heterocycles. The molecule has 2 amide bonds. The third-order valence-electron chi connectivity index (χ3n) is 4.01. The Hall–Kier alpha value is -3.02. The number of amides is 2. The molecule has 1 aliphatic heterocycles. The summed E-state index contributed by atoms with van der Waals surface area (Å²) in [6.45, 7) is 1.35. The molecular weight excluding hydrogens is 325 g/mol. The summed E-state index contributed by atoms with van der Waals surface area (Å²) in [5.74, 6) is -1.72. The van der Waals surface area contributed by atoms with Crippen LogP contribution in [0.1, 0.15) is 34.1 Å². The van der Waals surface area contributed by atoms with Crippen LogP contribution in [0.15, 0.2) is 48.5 Å². The van der Waals surface area contributed by atoms with Crippen molar-refractivity contribution in [3.05, 3.63) is 65.5 Å². The van der Waals surface area contributed by atoms with Crippen molar-refractivity contribution in [2.75, 3.05) is 6.54 Å². The first kappa shape index (κ1) is 16.8. The number of para-hydroxylation sites is 1. The highest BCUT2D eigenvalue weighted by atomic mass is 19.1. The molecule has 0 aromatic heterocycles. The van der Waals surface area contributed by atoms with Gasteiger partial charge < -0.3 is 4.74 Å². The van der Waals surface area contributed by atoms with Crippen LogP contribution in [0.25, 0.3) is 0 Å². The van der Waals surface area contributed by atoms with E-state index in [0.717, 1.165) is 17.0 Å². The Morgan fingerprint density at radius 1 is 1.12 bits per heavy atom. The first-order chi connectivity index (χ1) is 12.0. The van der Waals surface area contributed by atoms with E-state index < -0.39 is 36.1 Å². The highest BCUT2D eigenvalue weighted by Gasteiger charge is 2.36. The predicted molar refractivity (Wildman–Crippen MR) is 87.9 cm³/mol. The van der Waals surface area contributed by atoms with Crippen molar-refractivity contribution in [3.8, 4) is 5.75 Å². The van der Waals surface area contributed by atoms with Gasteiger partial charge in [-0.3, -0.25) is 19.3 Å². The summed E-state index contributed by atoms with van der Waals surface area (Å²) >= 11 is 0. The standard InChI is InChI=1S/C19H16FNO4/c1-2-16-19(24)21(11-15(22)12-7-9-13(20)10-8-12)18(23)14-5-3-4-6-17(14)25-16/h3-10,16H,2,11H2,1H3/t16-/m0/s1. The summed E-state index contributed by atoms with van der Waals surface area (Å²) in [4.78, 5) is 38.7. The van der Waals surface area contributed by atoms with Crippen LogP contribution in [0.2, 0.25) is 0 Å². The maximum atomic E-state index is 13.0. The number of Topliss-reactive ketones (excluding diaryl/α,β-unsaturated/α-hetero) is 1. The molecule has 0 aliphatic carbocycles. The zero-order valence-electron chi connectivity index (χ0n) is 13.6. The second kappa shape index (κ2) is 6.84. The first-order valence-corrected chi connectivity index (χ1v) is 7.91. The molecule has 1 atom stereocenters. The molecule has 2 aromatic carbocycles. The lowest BCUT2D eigenvalue weighted by Gasteiger charge is -2.21. The molecule has 0 unspecified atom stereocenters. The van der Waals surface area contributed by atoms with Gasteiger partial charge in [-0.2, -0.15) is 0 Å². The molecule has 2 aromatic rings. The van der Waals surface area contributed by atoms with E-state index in [1.54, 1.807) is 31.2 Å². The summed E-state index contributed by atoms with van der Waals surface area (Å²) in [5, 5.41) is 0. The number of hydrogen-bond acceptors (Lipinski definition) is 4. The number of carbonyl (C=O) groups excluding carboxylic acids is 3. The van der Waals surface area contributed by atoms with E-state index in [1.807, 2.05) is 0 Å². The normalized spacial score (nSPS) is 16.9. The van der Waals surface area contributed by atoms with Gasteiger partial charge in [0.2, 0.25) is 0 Å². The van der Waals surface area contributed by atoms with Crippen molar-refractivity contribution >= 4 is 17.6 Å². The molecule has 3 rings (SSSR count). The lowest BCUT2D eigenvalue weighted by molar-refractivity contribution is -0.135.